The first-order valence-corrected chi connectivity index (χ1v) is 12.5. The van der Waals surface area contributed by atoms with Crippen LogP contribution in [-0.4, -0.2) is 24.3 Å². The van der Waals surface area contributed by atoms with Gasteiger partial charge in [0.2, 0.25) is 0 Å². The van der Waals surface area contributed by atoms with Crippen molar-refractivity contribution in [2.45, 2.75) is 78.7 Å². The Morgan fingerprint density at radius 2 is 1.84 bits per heavy atom. The van der Waals surface area contributed by atoms with Gasteiger partial charge >= 0.3 is 5.91 Å². The summed E-state index contributed by atoms with van der Waals surface area (Å²) < 4.78 is 0.313. The Balaban J connectivity index is 1.63. The van der Waals surface area contributed by atoms with E-state index in [1.807, 2.05) is 30.3 Å². The molecule has 1 unspecified atom stereocenters. The average Bonchev–Trinajstić information content (AvgIpc) is 3.16. The SMILES string of the molecule is CC[N+]1(c2ccccc2C(C)=O)C(=O)C=C[C@@]2(C)[C@H]1CC[C@H]1[C@@H]3CCC[C@@]3(C)CC[C@@H]12. The summed E-state index contributed by atoms with van der Waals surface area (Å²) in [5.41, 5.74) is 2.17. The number of amides is 1. The van der Waals surface area contributed by atoms with E-state index in [1.54, 1.807) is 6.92 Å². The highest BCUT2D eigenvalue weighted by molar-refractivity contribution is 6.06. The lowest BCUT2D eigenvalue weighted by molar-refractivity contribution is -0.138. The smallest absolute Gasteiger partial charge is 0.294 e. The summed E-state index contributed by atoms with van der Waals surface area (Å²) in [6.45, 7) is 9.45. The number of nitrogens with zero attached hydrogens (tertiary/aromatic N) is 1. The third-order valence-corrected chi connectivity index (χ3v) is 10.2. The van der Waals surface area contributed by atoms with Crippen molar-refractivity contribution >= 4 is 17.4 Å². The van der Waals surface area contributed by atoms with Gasteiger partial charge < -0.3 is 0 Å². The number of carbonyl (C=O) groups is 2. The van der Waals surface area contributed by atoms with E-state index in [4.69, 9.17) is 0 Å². The molecule has 0 N–H and O–H groups in total. The molecule has 31 heavy (non-hydrogen) atoms. The highest BCUT2D eigenvalue weighted by Crippen LogP contribution is 2.65. The van der Waals surface area contributed by atoms with Crippen LogP contribution in [0.15, 0.2) is 36.4 Å². The van der Waals surface area contributed by atoms with Crippen molar-refractivity contribution in [3.8, 4) is 0 Å². The van der Waals surface area contributed by atoms with E-state index in [0.29, 0.717) is 27.9 Å². The van der Waals surface area contributed by atoms with E-state index in [9.17, 15) is 9.59 Å². The molecule has 7 atom stereocenters. The molecule has 0 bridgehead atoms. The van der Waals surface area contributed by atoms with Gasteiger partial charge in [-0.3, -0.25) is 4.79 Å². The van der Waals surface area contributed by atoms with Gasteiger partial charge in [-0.2, -0.15) is 0 Å². The number of carbonyl (C=O) groups excluding carboxylic acids is 2. The standard InChI is InChI=1S/C28H38NO2/c1-5-29(24-11-7-6-9-20(24)19(2)30)25-13-12-21-22-10-8-16-27(22,3)17-14-23(21)28(25,4)18-15-26(29)31/h6-7,9,11,15,18,21-23,25H,5,8,10,12-14,16-17H2,1-4H3/q+1/t21-,22-,23-,25+,27-,28+,29?/m0/s1. The number of fused-ring (bicyclic) bond motifs is 5. The average molecular weight is 421 g/mol. The predicted octanol–water partition coefficient (Wildman–Crippen LogP) is 6.31. The van der Waals surface area contributed by atoms with Crippen LogP contribution < -0.4 is 4.48 Å². The third-order valence-electron chi connectivity index (χ3n) is 10.2. The molecule has 3 aliphatic carbocycles. The fourth-order valence-corrected chi connectivity index (χ4v) is 8.78. The van der Waals surface area contributed by atoms with Gasteiger partial charge in [-0.15, -0.1) is 0 Å². The molecule has 166 valence electrons. The molecule has 3 saturated carbocycles. The van der Waals surface area contributed by atoms with Gasteiger partial charge in [0, 0.05) is 24.0 Å². The largest absolute Gasteiger partial charge is 0.343 e. The van der Waals surface area contributed by atoms with Crippen LogP contribution in [-0.2, 0) is 4.79 Å². The molecular formula is C28H38NO2+. The van der Waals surface area contributed by atoms with Crippen LogP contribution in [0.25, 0.3) is 0 Å². The molecule has 0 spiro atoms. The fourth-order valence-electron chi connectivity index (χ4n) is 8.78. The highest BCUT2D eigenvalue weighted by Gasteiger charge is 2.64. The second-order valence-electron chi connectivity index (χ2n) is 11.4. The second-order valence-corrected chi connectivity index (χ2v) is 11.4. The summed E-state index contributed by atoms with van der Waals surface area (Å²) in [4.78, 5) is 26.2. The molecule has 3 heteroatoms. The number of quaternary nitrogens is 1. The molecule has 5 rings (SSSR count). The molecule has 1 amide bonds. The quantitative estimate of drug-likeness (QED) is 0.424. The summed E-state index contributed by atoms with van der Waals surface area (Å²) in [6.07, 6.45) is 13.3. The molecule has 3 fully saturated rings. The van der Waals surface area contributed by atoms with E-state index >= 15 is 0 Å². The zero-order valence-electron chi connectivity index (χ0n) is 19.7. The second kappa shape index (κ2) is 7.13. The number of ketones is 1. The van der Waals surface area contributed by atoms with Gasteiger partial charge in [0.05, 0.1) is 12.1 Å². The maximum atomic E-state index is 13.7. The highest BCUT2D eigenvalue weighted by atomic mass is 16.2. The van der Waals surface area contributed by atoms with Crippen LogP contribution in [0.2, 0.25) is 0 Å². The van der Waals surface area contributed by atoms with Gasteiger partial charge in [0.25, 0.3) is 0 Å². The summed E-state index contributed by atoms with van der Waals surface area (Å²) >= 11 is 0. The number of hydrogen-bond donors (Lipinski definition) is 0. The van der Waals surface area contributed by atoms with Crippen LogP contribution in [0.3, 0.4) is 0 Å². The molecule has 0 aromatic heterocycles. The van der Waals surface area contributed by atoms with Crippen molar-refractivity contribution in [2.24, 2.45) is 28.6 Å². The van der Waals surface area contributed by atoms with E-state index in [0.717, 1.165) is 23.9 Å². The lowest BCUT2D eigenvalue weighted by Crippen LogP contribution is -2.71. The zero-order valence-corrected chi connectivity index (χ0v) is 19.7. The number of hydrogen-bond acceptors (Lipinski definition) is 2. The molecule has 1 heterocycles. The lowest BCUT2D eigenvalue weighted by atomic mass is 9.48. The Hall–Kier alpha value is -1.74. The maximum Gasteiger partial charge on any atom is 0.343 e. The van der Waals surface area contributed by atoms with Gasteiger partial charge in [-0.25, -0.2) is 9.28 Å². The van der Waals surface area contributed by atoms with Crippen molar-refractivity contribution in [3.63, 3.8) is 0 Å². The summed E-state index contributed by atoms with van der Waals surface area (Å²) in [7, 11) is 0. The van der Waals surface area contributed by atoms with Crippen LogP contribution >= 0.6 is 0 Å². The summed E-state index contributed by atoms with van der Waals surface area (Å²) in [5, 5.41) is 0. The van der Waals surface area contributed by atoms with Crippen LogP contribution in [0.4, 0.5) is 5.69 Å². The van der Waals surface area contributed by atoms with E-state index < -0.39 is 0 Å². The van der Waals surface area contributed by atoms with Gasteiger partial charge in [-0.05, 0) is 75.2 Å². The molecule has 1 aromatic rings. The topological polar surface area (TPSA) is 34.1 Å². The molecule has 1 aliphatic heterocycles. The molecule has 4 aliphatic rings. The predicted molar refractivity (Wildman–Crippen MR) is 126 cm³/mol. The van der Waals surface area contributed by atoms with Crippen molar-refractivity contribution in [1.82, 2.24) is 4.48 Å². The minimum absolute atomic E-state index is 0.000652. The van der Waals surface area contributed by atoms with Crippen LogP contribution in [0.1, 0.15) is 83.0 Å². The molecular weight excluding hydrogens is 382 g/mol. The van der Waals surface area contributed by atoms with Crippen LogP contribution in [0.5, 0.6) is 0 Å². The molecule has 0 radical (unpaired) electrons. The number of para-hydroxylation sites is 1. The third kappa shape index (κ3) is 2.74. The number of likely N-dealkylation sites (N-methyl/N-ethyl adjacent to an activating group) is 1. The van der Waals surface area contributed by atoms with E-state index in [2.05, 4.69) is 26.8 Å². The number of rotatable bonds is 3. The Bertz CT molecular complexity index is 950. The fraction of sp³-hybridized carbons (Fsp3) is 0.643. The Labute approximate surface area is 187 Å². The maximum absolute atomic E-state index is 13.7. The van der Waals surface area contributed by atoms with E-state index in [-0.39, 0.29) is 23.1 Å². The van der Waals surface area contributed by atoms with Crippen LogP contribution in [0, 0.1) is 28.6 Å². The number of Topliss-reactive ketones (excluding diaryl/α,β-unsaturated/α-hetero) is 1. The first-order chi connectivity index (χ1) is 14.8. The Morgan fingerprint density at radius 1 is 1.06 bits per heavy atom. The first kappa shape index (κ1) is 21.1. The van der Waals surface area contributed by atoms with Gasteiger partial charge in [-0.1, -0.05) is 38.5 Å². The first-order valence-electron chi connectivity index (χ1n) is 12.5. The van der Waals surface area contributed by atoms with Crippen molar-refractivity contribution in [2.75, 3.05) is 6.54 Å². The van der Waals surface area contributed by atoms with Crippen molar-refractivity contribution in [3.05, 3.63) is 42.0 Å². The Morgan fingerprint density at radius 3 is 2.58 bits per heavy atom. The minimum atomic E-state index is 0.000652. The summed E-state index contributed by atoms with van der Waals surface area (Å²) in [6, 6.07) is 8.08. The molecule has 1 aromatic carbocycles. The minimum Gasteiger partial charge on any atom is -0.294 e. The lowest BCUT2D eigenvalue weighted by Gasteiger charge is -2.61. The Kier molecular flexibility index (Phi) is 4.86. The normalized spacial score (nSPS) is 43.8. The van der Waals surface area contributed by atoms with Gasteiger partial charge in [0.15, 0.2) is 11.5 Å². The van der Waals surface area contributed by atoms with E-state index in [1.165, 1.54) is 38.5 Å². The molecule has 3 nitrogen and oxygen atoms in total. The van der Waals surface area contributed by atoms with Gasteiger partial charge in [0.1, 0.15) is 6.04 Å². The monoisotopic (exact) mass is 420 g/mol. The summed E-state index contributed by atoms with van der Waals surface area (Å²) in [5.74, 6) is 2.47. The number of benzene rings is 1. The van der Waals surface area contributed by atoms with Crippen molar-refractivity contribution < 1.29 is 9.59 Å². The zero-order chi connectivity index (χ0) is 22.0. The van der Waals surface area contributed by atoms with Crippen molar-refractivity contribution in [1.29, 1.82) is 0 Å². The molecule has 0 saturated heterocycles.